The quantitative estimate of drug-likeness (QED) is 0.358. The van der Waals surface area contributed by atoms with Crippen LogP contribution < -0.4 is 5.32 Å². The van der Waals surface area contributed by atoms with Crippen molar-refractivity contribution in [3.63, 3.8) is 0 Å². The van der Waals surface area contributed by atoms with Crippen molar-refractivity contribution in [3.05, 3.63) is 34.3 Å². The zero-order valence-electron chi connectivity index (χ0n) is 16.2. The highest BCUT2D eigenvalue weighted by Gasteiger charge is 2.31. The summed E-state index contributed by atoms with van der Waals surface area (Å²) in [6, 6.07) is 9.20. The molecule has 3 rings (SSSR count). The summed E-state index contributed by atoms with van der Waals surface area (Å²) >= 11 is 3.69. The number of nitrogens with zero attached hydrogens (tertiary/aromatic N) is 3. The van der Waals surface area contributed by atoms with Crippen LogP contribution in [0.1, 0.15) is 38.7 Å². The first-order chi connectivity index (χ1) is 12.0. The predicted octanol–water partition coefficient (Wildman–Crippen LogP) is 4.09. The van der Waals surface area contributed by atoms with E-state index in [1.54, 1.807) is 0 Å². The maximum Gasteiger partial charge on any atom is 0.193 e. The Morgan fingerprint density at radius 3 is 2.58 bits per heavy atom. The van der Waals surface area contributed by atoms with Crippen molar-refractivity contribution in [3.8, 4) is 0 Å². The summed E-state index contributed by atoms with van der Waals surface area (Å²) in [5.74, 6) is 1.04. The fourth-order valence-corrected chi connectivity index (χ4v) is 4.90. The molecule has 0 radical (unpaired) electrons. The largest absolute Gasteiger partial charge is 0.355 e. The highest BCUT2D eigenvalue weighted by atomic mass is 127. The van der Waals surface area contributed by atoms with E-state index in [1.807, 2.05) is 7.05 Å². The van der Waals surface area contributed by atoms with Crippen molar-refractivity contribution in [2.24, 2.45) is 4.99 Å². The Balaban J connectivity index is 0.00000243. The third-order valence-electron chi connectivity index (χ3n) is 5.62. The van der Waals surface area contributed by atoms with Gasteiger partial charge in [0.2, 0.25) is 0 Å². The Bertz CT molecular complexity index is 614. The van der Waals surface area contributed by atoms with Crippen LogP contribution in [0.2, 0.25) is 0 Å². The number of likely N-dealkylation sites (tertiary alicyclic amines) is 2. The zero-order chi connectivity index (χ0) is 17.9. The van der Waals surface area contributed by atoms with Gasteiger partial charge in [-0.1, -0.05) is 48.0 Å². The van der Waals surface area contributed by atoms with Crippen LogP contribution in [0, 0.1) is 0 Å². The molecule has 4 nitrogen and oxygen atoms in total. The lowest BCUT2D eigenvalue weighted by atomic mass is 9.84. The average molecular weight is 535 g/mol. The van der Waals surface area contributed by atoms with Gasteiger partial charge in [-0.05, 0) is 44.0 Å². The van der Waals surface area contributed by atoms with E-state index in [2.05, 4.69) is 74.2 Å². The Labute approximate surface area is 184 Å². The minimum Gasteiger partial charge on any atom is -0.355 e. The summed E-state index contributed by atoms with van der Waals surface area (Å²) in [7, 11) is 1.90. The van der Waals surface area contributed by atoms with Crippen molar-refractivity contribution in [1.82, 2.24) is 15.1 Å². The van der Waals surface area contributed by atoms with Gasteiger partial charge in [-0.3, -0.25) is 9.89 Å². The first-order valence-electron chi connectivity index (χ1n) is 9.46. The van der Waals surface area contributed by atoms with Crippen LogP contribution in [0.5, 0.6) is 0 Å². The third kappa shape index (κ3) is 5.13. The van der Waals surface area contributed by atoms with Gasteiger partial charge in [0.05, 0.1) is 0 Å². The first-order valence-corrected chi connectivity index (χ1v) is 10.3. The molecule has 146 valence electrons. The van der Waals surface area contributed by atoms with Gasteiger partial charge in [-0.25, -0.2) is 0 Å². The molecular weight excluding hydrogens is 503 g/mol. The van der Waals surface area contributed by atoms with Gasteiger partial charge in [0, 0.05) is 42.6 Å². The van der Waals surface area contributed by atoms with Crippen LogP contribution in [0.25, 0.3) is 0 Å². The van der Waals surface area contributed by atoms with E-state index in [0.717, 1.165) is 25.6 Å². The van der Waals surface area contributed by atoms with E-state index in [9.17, 15) is 0 Å². The summed E-state index contributed by atoms with van der Waals surface area (Å²) in [5.41, 5.74) is 1.36. The molecule has 0 amide bonds. The molecule has 2 aliphatic heterocycles. The van der Waals surface area contributed by atoms with Crippen molar-refractivity contribution in [1.29, 1.82) is 0 Å². The number of halogens is 2. The molecular formula is C20H32BrIN4. The highest BCUT2D eigenvalue weighted by Crippen LogP contribution is 2.29. The van der Waals surface area contributed by atoms with Crippen LogP contribution >= 0.6 is 39.9 Å². The number of aliphatic imine (C=N–C) groups is 1. The minimum atomic E-state index is 0. The maximum atomic E-state index is 4.55. The minimum absolute atomic E-state index is 0. The number of rotatable bonds is 4. The molecule has 0 aliphatic carbocycles. The number of guanidine groups is 1. The van der Waals surface area contributed by atoms with Crippen LogP contribution in [0.4, 0.5) is 0 Å². The van der Waals surface area contributed by atoms with Gasteiger partial charge in [0.1, 0.15) is 0 Å². The van der Waals surface area contributed by atoms with Gasteiger partial charge in [0.15, 0.2) is 5.96 Å². The highest BCUT2D eigenvalue weighted by molar-refractivity contribution is 14.0. The maximum absolute atomic E-state index is 4.55. The van der Waals surface area contributed by atoms with E-state index >= 15 is 0 Å². The molecule has 26 heavy (non-hydrogen) atoms. The molecule has 0 bridgehead atoms. The summed E-state index contributed by atoms with van der Waals surface area (Å²) in [6.45, 7) is 10.2. The molecule has 1 atom stereocenters. The molecule has 0 spiro atoms. The van der Waals surface area contributed by atoms with Gasteiger partial charge >= 0.3 is 0 Å². The third-order valence-corrected chi connectivity index (χ3v) is 6.31. The molecule has 1 aromatic carbocycles. The fourth-order valence-electron chi connectivity index (χ4n) is 4.08. The summed E-state index contributed by atoms with van der Waals surface area (Å²) in [6.07, 6.45) is 3.99. The standard InChI is InChI=1S/C20H31BrN4.HI/c1-20(2,17-8-4-5-9-18(17)21)15-23-19(22-3)25-13-10-16(14-25)24-11-6-7-12-24;/h4-5,8-9,16H,6-7,10-15H2,1-3H3,(H,22,23);1H. The van der Waals surface area contributed by atoms with Crippen LogP contribution in [-0.4, -0.2) is 61.6 Å². The van der Waals surface area contributed by atoms with Crippen molar-refractivity contribution < 1.29 is 0 Å². The van der Waals surface area contributed by atoms with E-state index in [0.29, 0.717) is 6.04 Å². The molecule has 2 saturated heterocycles. The molecule has 2 aliphatic rings. The van der Waals surface area contributed by atoms with E-state index in [-0.39, 0.29) is 29.4 Å². The lowest BCUT2D eigenvalue weighted by molar-refractivity contribution is 0.249. The van der Waals surface area contributed by atoms with E-state index < -0.39 is 0 Å². The van der Waals surface area contributed by atoms with Gasteiger partial charge in [0.25, 0.3) is 0 Å². The predicted molar refractivity (Wildman–Crippen MR) is 125 cm³/mol. The van der Waals surface area contributed by atoms with Crippen LogP contribution in [-0.2, 0) is 5.41 Å². The molecule has 1 unspecified atom stereocenters. The molecule has 0 saturated carbocycles. The second-order valence-corrected chi connectivity index (χ2v) is 8.75. The van der Waals surface area contributed by atoms with Crippen molar-refractivity contribution >= 4 is 45.9 Å². The van der Waals surface area contributed by atoms with E-state index in [4.69, 9.17) is 0 Å². The molecule has 0 aromatic heterocycles. The molecule has 2 heterocycles. The number of hydrogen-bond acceptors (Lipinski definition) is 2. The lowest BCUT2D eigenvalue weighted by Crippen LogP contribution is -2.46. The molecule has 2 fully saturated rings. The number of nitrogens with one attached hydrogen (secondary N) is 1. The van der Waals surface area contributed by atoms with E-state index in [1.165, 1.54) is 42.4 Å². The Morgan fingerprint density at radius 2 is 1.92 bits per heavy atom. The Kier molecular flexibility index (Phi) is 8.22. The van der Waals surface area contributed by atoms with Gasteiger partial charge in [-0.15, -0.1) is 24.0 Å². The lowest BCUT2D eigenvalue weighted by Gasteiger charge is -2.30. The zero-order valence-corrected chi connectivity index (χ0v) is 20.1. The second-order valence-electron chi connectivity index (χ2n) is 7.90. The SMILES string of the molecule is CN=C(NCC(C)(C)c1ccccc1Br)N1CCC(N2CCCC2)C1.I. The smallest absolute Gasteiger partial charge is 0.193 e. The van der Waals surface area contributed by atoms with Crippen molar-refractivity contribution in [2.75, 3.05) is 39.8 Å². The van der Waals surface area contributed by atoms with Gasteiger partial charge < -0.3 is 10.2 Å². The summed E-state index contributed by atoms with van der Waals surface area (Å²) in [4.78, 5) is 9.65. The first kappa shape index (κ1) is 22.0. The molecule has 1 N–H and O–H groups in total. The summed E-state index contributed by atoms with van der Waals surface area (Å²) < 4.78 is 1.17. The Morgan fingerprint density at radius 1 is 1.23 bits per heavy atom. The second kappa shape index (κ2) is 9.73. The van der Waals surface area contributed by atoms with Crippen LogP contribution in [0.3, 0.4) is 0 Å². The monoisotopic (exact) mass is 534 g/mol. The topological polar surface area (TPSA) is 30.9 Å². The van der Waals surface area contributed by atoms with Crippen LogP contribution in [0.15, 0.2) is 33.7 Å². The summed E-state index contributed by atoms with van der Waals surface area (Å²) in [5, 5.41) is 3.63. The Hall–Kier alpha value is -0.340. The normalized spacial score (nSPS) is 21.8. The van der Waals surface area contributed by atoms with Crippen molar-refractivity contribution in [2.45, 2.75) is 44.6 Å². The average Bonchev–Trinajstić information content (AvgIpc) is 3.27. The fraction of sp³-hybridized carbons (Fsp3) is 0.650. The molecule has 1 aromatic rings. The number of hydrogen-bond donors (Lipinski definition) is 1. The molecule has 6 heteroatoms. The number of benzene rings is 1. The van der Waals surface area contributed by atoms with Gasteiger partial charge in [-0.2, -0.15) is 0 Å².